The second-order valence-electron chi connectivity index (χ2n) is 5.55. The molecule has 1 saturated carbocycles. The van der Waals surface area contributed by atoms with Crippen LogP contribution < -0.4 is 9.64 Å². The summed E-state index contributed by atoms with van der Waals surface area (Å²) in [4.78, 5) is 2.25. The molecule has 0 radical (unpaired) electrons. The minimum Gasteiger partial charge on any atom is -0.496 e. The Morgan fingerprint density at radius 2 is 1.94 bits per heavy atom. The molecule has 0 amide bonds. The Hall–Kier alpha value is -1.22. The van der Waals surface area contributed by atoms with Crippen LogP contribution in [0.25, 0.3) is 0 Å². The van der Waals surface area contributed by atoms with E-state index in [0.717, 1.165) is 25.1 Å². The normalized spacial score (nSPS) is 16.5. The summed E-state index contributed by atoms with van der Waals surface area (Å²) in [6.07, 6.45) is 2.28. The number of methoxy groups -OCH3 is 1. The maximum absolute atomic E-state index is 9.41. The van der Waals surface area contributed by atoms with Crippen LogP contribution in [-0.4, -0.2) is 32.4 Å². The van der Waals surface area contributed by atoms with E-state index in [1.165, 1.54) is 16.8 Å². The number of nitrogens with zero attached hydrogens (tertiary/aromatic N) is 1. The van der Waals surface area contributed by atoms with Crippen LogP contribution in [-0.2, 0) is 0 Å². The fourth-order valence-electron chi connectivity index (χ4n) is 2.55. The topological polar surface area (TPSA) is 32.7 Å². The van der Waals surface area contributed by atoms with Gasteiger partial charge in [0, 0.05) is 24.7 Å². The lowest BCUT2D eigenvalue weighted by molar-refractivity contribution is 0.215. The van der Waals surface area contributed by atoms with Crippen molar-refractivity contribution in [1.29, 1.82) is 0 Å². The largest absolute Gasteiger partial charge is 0.496 e. The van der Waals surface area contributed by atoms with Crippen LogP contribution in [0.4, 0.5) is 5.69 Å². The van der Waals surface area contributed by atoms with Crippen molar-refractivity contribution in [2.45, 2.75) is 26.7 Å². The molecule has 0 unspecified atom stereocenters. The van der Waals surface area contributed by atoms with E-state index in [4.69, 9.17) is 4.74 Å². The maximum atomic E-state index is 9.41. The smallest absolute Gasteiger partial charge is 0.122 e. The van der Waals surface area contributed by atoms with E-state index >= 15 is 0 Å². The molecule has 18 heavy (non-hydrogen) atoms. The molecule has 3 heteroatoms. The molecule has 1 aliphatic carbocycles. The summed E-state index contributed by atoms with van der Waals surface area (Å²) in [6.45, 7) is 5.44. The van der Waals surface area contributed by atoms with Crippen molar-refractivity contribution >= 4 is 5.69 Å². The molecule has 0 aromatic heterocycles. The summed E-state index contributed by atoms with van der Waals surface area (Å²) in [5.74, 6) is 0.938. The average molecular weight is 249 g/mol. The van der Waals surface area contributed by atoms with Crippen LogP contribution in [0.3, 0.4) is 0 Å². The van der Waals surface area contributed by atoms with Crippen molar-refractivity contribution < 1.29 is 9.84 Å². The van der Waals surface area contributed by atoms with Gasteiger partial charge in [-0.25, -0.2) is 0 Å². The summed E-state index contributed by atoms with van der Waals surface area (Å²) in [5, 5.41) is 9.41. The molecule has 0 saturated heterocycles. The monoisotopic (exact) mass is 249 g/mol. The van der Waals surface area contributed by atoms with Gasteiger partial charge in [-0.3, -0.25) is 0 Å². The van der Waals surface area contributed by atoms with E-state index in [-0.39, 0.29) is 5.41 Å². The highest BCUT2D eigenvalue weighted by atomic mass is 16.5. The molecule has 1 fully saturated rings. The molecule has 2 rings (SSSR count). The summed E-state index contributed by atoms with van der Waals surface area (Å²) in [6, 6.07) is 4.13. The molecule has 1 aromatic rings. The zero-order valence-corrected chi connectivity index (χ0v) is 11.8. The van der Waals surface area contributed by atoms with Gasteiger partial charge in [-0.05, 0) is 49.9 Å². The standard InChI is InChI=1S/C15H23NO2/c1-11-12(2)14(18-4)6-5-13(11)16(3)9-15(10-17)7-8-15/h5-6,17H,7-10H2,1-4H3. The van der Waals surface area contributed by atoms with Crippen LogP contribution >= 0.6 is 0 Å². The molecule has 1 N–H and O–H groups in total. The fraction of sp³-hybridized carbons (Fsp3) is 0.600. The minimum atomic E-state index is 0.148. The molecule has 1 aromatic carbocycles. The number of benzene rings is 1. The third kappa shape index (κ3) is 2.32. The van der Waals surface area contributed by atoms with Crippen LogP contribution in [0.15, 0.2) is 12.1 Å². The lowest BCUT2D eigenvalue weighted by atomic mass is 10.0. The predicted molar refractivity (Wildman–Crippen MR) is 74.5 cm³/mol. The van der Waals surface area contributed by atoms with E-state index in [1.807, 2.05) is 6.07 Å². The predicted octanol–water partition coefficient (Wildman–Crippen LogP) is 2.52. The number of hydrogen-bond donors (Lipinski definition) is 1. The highest BCUT2D eigenvalue weighted by molar-refractivity contribution is 5.59. The minimum absolute atomic E-state index is 0.148. The first-order valence-corrected chi connectivity index (χ1v) is 6.49. The first-order valence-electron chi connectivity index (χ1n) is 6.49. The van der Waals surface area contributed by atoms with Gasteiger partial charge in [-0.15, -0.1) is 0 Å². The lowest BCUT2D eigenvalue weighted by Gasteiger charge is -2.27. The number of rotatable bonds is 5. The number of anilines is 1. The summed E-state index contributed by atoms with van der Waals surface area (Å²) in [5.41, 5.74) is 3.82. The van der Waals surface area contributed by atoms with E-state index < -0.39 is 0 Å². The second kappa shape index (κ2) is 4.81. The third-order valence-corrected chi connectivity index (χ3v) is 4.21. The average Bonchev–Trinajstić information content (AvgIpc) is 3.12. The molecule has 0 atom stereocenters. The van der Waals surface area contributed by atoms with Crippen molar-refractivity contribution in [2.75, 3.05) is 32.2 Å². The van der Waals surface area contributed by atoms with E-state index in [2.05, 4.69) is 31.9 Å². The summed E-state index contributed by atoms with van der Waals surface area (Å²) >= 11 is 0. The van der Waals surface area contributed by atoms with Crippen LogP contribution in [0, 0.1) is 19.3 Å². The second-order valence-corrected chi connectivity index (χ2v) is 5.55. The number of hydrogen-bond acceptors (Lipinski definition) is 3. The Labute approximate surface area is 109 Å². The van der Waals surface area contributed by atoms with Crippen molar-refractivity contribution in [2.24, 2.45) is 5.41 Å². The first-order chi connectivity index (χ1) is 8.53. The van der Waals surface area contributed by atoms with Gasteiger partial charge >= 0.3 is 0 Å². The first kappa shape index (κ1) is 13.2. The van der Waals surface area contributed by atoms with Gasteiger partial charge in [0.2, 0.25) is 0 Å². The molecule has 3 nitrogen and oxygen atoms in total. The SMILES string of the molecule is COc1ccc(N(C)CC2(CO)CC2)c(C)c1C. The van der Waals surface area contributed by atoms with Gasteiger partial charge in [0.25, 0.3) is 0 Å². The number of ether oxygens (including phenoxy) is 1. The Balaban J connectivity index is 2.20. The van der Waals surface area contributed by atoms with Gasteiger partial charge in [-0.2, -0.15) is 0 Å². The van der Waals surface area contributed by atoms with Crippen LogP contribution in [0.2, 0.25) is 0 Å². The zero-order chi connectivity index (χ0) is 13.3. The Morgan fingerprint density at radius 1 is 1.28 bits per heavy atom. The van der Waals surface area contributed by atoms with Crippen molar-refractivity contribution in [1.82, 2.24) is 0 Å². The molecule has 1 aliphatic rings. The quantitative estimate of drug-likeness (QED) is 0.870. The van der Waals surface area contributed by atoms with Crippen LogP contribution in [0.5, 0.6) is 5.75 Å². The molecule has 0 spiro atoms. The maximum Gasteiger partial charge on any atom is 0.122 e. The van der Waals surface area contributed by atoms with Crippen molar-refractivity contribution in [3.63, 3.8) is 0 Å². The van der Waals surface area contributed by atoms with E-state index in [9.17, 15) is 5.11 Å². The van der Waals surface area contributed by atoms with E-state index in [1.54, 1.807) is 7.11 Å². The van der Waals surface area contributed by atoms with Crippen molar-refractivity contribution in [3.8, 4) is 5.75 Å². The molecule has 0 heterocycles. The summed E-state index contributed by atoms with van der Waals surface area (Å²) in [7, 11) is 3.81. The Bertz CT molecular complexity index is 438. The van der Waals surface area contributed by atoms with E-state index in [0.29, 0.717) is 6.61 Å². The highest BCUT2D eigenvalue weighted by Gasteiger charge is 2.43. The zero-order valence-electron chi connectivity index (χ0n) is 11.8. The number of aliphatic hydroxyl groups excluding tert-OH is 1. The van der Waals surface area contributed by atoms with Crippen LogP contribution in [0.1, 0.15) is 24.0 Å². The van der Waals surface area contributed by atoms with Gasteiger partial charge in [0.15, 0.2) is 0 Å². The fourth-order valence-corrected chi connectivity index (χ4v) is 2.55. The molecule has 0 bridgehead atoms. The highest BCUT2D eigenvalue weighted by Crippen LogP contribution is 2.46. The lowest BCUT2D eigenvalue weighted by Crippen LogP contribution is -2.29. The summed E-state index contributed by atoms with van der Waals surface area (Å²) < 4.78 is 5.34. The molecular weight excluding hydrogens is 226 g/mol. The van der Waals surface area contributed by atoms with Crippen molar-refractivity contribution in [3.05, 3.63) is 23.3 Å². The van der Waals surface area contributed by atoms with Gasteiger partial charge in [0.05, 0.1) is 13.7 Å². The number of aliphatic hydroxyl groups is 1. The molecule has 0 aliphatic heterocycles. The Kier molecular flexibility index (Phi) is 3.53. The van der Waals surface area contributed by atoms with Gasteiger partial charge in [0.1, 0.15) is 5.75 Å². The third-order valence-electron chi connectivity index (χ3n) is 4.21. The Morgan fingerprint density at radius 3 is 2.44 bits per heavy atom. The molecule has 100 valence electrons. The van der Waals surface area contributed by atoms with Gasteiger partial charge < -0.3 is 14.7 Å². The van der Waals surface area contributed by atoms with Gasteiger partial charge in [-0.1, -0.05) is 0 Å². The molecular formula is C15H23NO2.